The van der Waals surface area contributed by atoms with E-state index >= 15 is 0 Å². The minimum Gasteiger partial charge on any atom is -0.464 e. The van der Waals surface area contributed by atoms with E-state index in [1.807, 2.05) is 6.08 Å². The molecule has 1 aliphatic heterocycles. The van der Waals surface area contributed by atoms with Crippen LogP contribution in [-0.2, 0) is 14.3 Å². The fourth-order valence-electron chi connectivity index (χ4n) is 4.26. The molecule has 0 aromatic carbocycles. The van der Waals surface area contributed by atoms with E-state index < -0.39 is 5.54 Å². The molecule has 160 valence electrons. The lowest BCUT2D eigenvalue weighted by atomic mass is 9.74. The molecule has 4 N–H and O–H groups in total. The summed E-state index contributed by atoms with van der Waals surface area (Å²) in [6.07, 6.45) is 9.95. The Morgan fingerprint density at radius 2 is 2.21 bits per heavy atom. The Kier molecular flexibility index (Phi) is 9.47. The van der Waals surface area contributed by atoms with E-state index in [-0.39, 0.29) is 29.6 Å². The van der Waals surface area contributed by atoms with Gasteiger partial charge in [0, 0.05) is 37.1 Å². The number of ether oxygens (including phenoxy) is 1. The number of hydrogen-bond donors (Lipinski definition) is 4. The van der Waals surface area contributed by atoms with Gasteiger partial charge in [-0.15, -0.1) is 0 Å². The largest absolute Gasteiger partial charge is 0.464 e. The van der Waals surface area contributed by atoms with Crippen LogP contribution in [-0.4, -0.2) is 42.2 Å². The molecule has 7 heteroatoms. The number of esters is 1. The second-order valence-corrected chi connectivity index (χ2v) is 8.71. The predicted molar refractivity (Wildman–Crippen MR) is 115 cm³/mol. The third-order valence-electron chi connectivity index (χ3n) is 6.29. The molecule has 3 unspecified atom stereocenters. The summed E-state index contributed by atoms with van der Waals surface area (Å²) >= 11 is 4.19. The van der Waals surface area contributed by atoms with Gasteiger partial charge in [0.05, 0.1) is 6.61 Å². The van der Waals surface area contributed by atoms with Gasteiger partial charge in [-0.2, -0.15) is 12.6 Å². The smallest absolute Gasteiger partial charge is 0.328 e. The number of carbonyl (C=O) groups is 2. The number of allylic oxidation sites excluding steroid dienone is 2. The lowest BCUT2D eigenvalue weighted by Crippen LogP contribution is -2.62. The van der Waals surface area contributed by atoms with Crippen molar-refractivity contribution in [1.29, 1.82) is 0 Å². The third kappa shape index (κ3) is 5.81. The molecule has 0 bridgehead atoms. The molecule has 1 saturated carbocycles. The maximum atomic E-state index is 12.9. The van der Waals surface area contributed by atoms with Crippen LogP contribution in [0.5, 0.6) is 0 Å². The highest BCUT2D eigenvalue weighted by atomic mass is 32.1. The van der Waals surface area contributed by atoms with Gasteiger partial charge in [-0.1, -0.05) is 38.8 Å². The summed E-state index contributed by atoms with van der Waals surface area (Å²) in [7, 11) is 0. The number of rotatable bonds is 12. The fourth-order valence-corrected chi connectivity index (χ4v) is 4.39. The molecule has 0 spiro atoms. The molecule has 0 aromatic rings. The summed E-state index contributed by atoms with van der Waals surface area (Å²) in [5, 5.41) is 0. The topological polar surface area (TPSA) is 93.5 Å². The van der Waals surface area contributed by atoms with Crippen molar-refractivity contribution in [2.24, 2.45) is 23.5 Å². The maximum absolute atomic E-state index is 12.9. The Morgan fingerprint density at radius 1 is 1.43 bits per heavy atom. The van der Waals surface area contributed by atoms with E-state index in [0.717, 1.165) is 32.1 Å². The number of hydrazine groups is 1. The number of nitrogens with two attached hydrogens (primary N) is 1. The first kappa shape index (κ1) is 23.4. The van der Waals surface area contributed by atoms with Crippen molar-refractivity contribution in [3.63, 3.8) is 0 Å². The number of nitrogens with one attached hydrogen (secondary N) is 2. The summed E-state index contributed by atoms with van der Waals surface area (Å²) in [6.45, 7) is 5.28. The van der Waals surface area contributed by atoms with Crippen LogP contribution < -0.4 is 16.6 Å². The first-order valence-electron chi connectivity index (χ1n) is 10.7. The molecule has 2 aliphatic rings. The van der Waals surface area contributed by atoms with E-state index in [1.165, 1.54) is 0 Å². The van der Waals surface area contributed by atoms with Crippen LogP contribution in [0.2, 0.25) is 0 Å². The summed E-state index contributed by atoms with van der Waals surface area (Å²) in [5.41, 5.74) is 11.4. The maximum Gasteiger partial charge on any atom is 0.328 e. The van der Waals surface area contributed by atoms with Crippen molar-refractivity contribution in [3.05, 3.63) is 12.2 Å². The number of cyclic esters (lactones) is 1. The average molecular weight is 412 g/mol. The van der Waals surface area contributed by atoms with Gasteiger partial charge >= 0.3 is 5.97 Å². The molecule has 2 rings (SSSR count). The van der Waals surface area contributed by atoms with Gasteiger partial charge in [-0.3, -0.25) is 10.2 Å². The first-order valence-corrected chi connectivity index (χ1v) is 11.3. The van der Waals surface area contributed by atoms with Gasteiger partial charge in [0.15, 0.2) is 0 Å². The van der Waals surface area contributed by atoms with Crippen molar-refractivity contribution in [3.8, 4) is 0 Å². The number of thiol groups is 1. The van der Waals surface area contributed by atoms with Gasteiger partial charge in [0.2, 0.25) is 0 Å². The summed E-state index contributed by atoms with van der Waals surface area (Å²) in [4.78, 5) is 25.6. The monoisotopic (exact) mass is 411 g/mol. The van der Waals surface area contributed by atoms with Crippen LogP contribution in [0, 0.1) is 17.8 Å². The van der Waals surface area contributed by atoms with Crippen LogP contribution in [0.4, 0.5) is 0 Å². The zero-order valence-corrected chi connectivity index (χ0v) is 18.2. The molecule has 6 nitrogen and oxygen atoms in total. The molecular weight excluding hydrogens is 374 g/mol. The minimum absolute atomic E-state index is 0.0438. The highest BCUT2D eigenvalue weighted by molar-refractivity contribution is 7.80. The van der Waals surface area contributed by atoms with Gasteiger partial charge in [-0.05, 0) is 31.1 Å². The molecule has 1 saturated heterocycles. The Morgan fingerprint density at radius 3 is 2.86 bits per heavy atom. The lowest BCUT2D eigenvalue weighted by Gasteiger charge is -2.36. The summed E-state index contributed by atoms with van der Waals surface area (Å²) in [5.74, 6) is 1.03. The van der Waals surface area contributed by atoms with Crippen LogP contribution >= 0.6 is 12.6 Å². The number of hydrogen-bond acceptors (Lipinski definition) is 7. The Balaban J connectivity index is 2.02. The molecule has 28 heavy (non-hydrogen) atoms. The van der Waals surface area contributed by atoms with E-state index in [4.69, 9.17) is 10.5 Å². The third-order valence-corrected chi connectivity index (χ3v) is 6.76. The molecule has 1 aliphatic carbocycles. The molecule has 0 radical (unpaired) electrons. The Labute approximate surface area is 174 Å². The molecule has 0 amide bonds. The number of carbonyl (C=O) groups excluding carboxylic acids is 2. The van der Waals surface area contributed by atoms with Gasteiger partial charge in [0.1, 0.15) is 11.3 Å². The molecule has 5 atom stereocenters. The second-order valence-electron chi connectivity index (χ2n) is 8.34. The molecule has 1 heterocycles. The SMILES string of the molecule is CC[C@H](C)CC=CCC(=O)C1CCCC1[C@]1(NNCC(N)CS)CCOC1=O. The molecular formula is C21H37N3O3S. The second kappa shape index (κ2) is 11.3. The standard InChI is InChI=1S/C21H37N3O3S/c1-3-15(2)7-4-5-10-19(25)17-8-6-9-18(17)21(11-12-27-20(21)26)24-23-13-16(22)14-28/h4-5,15-18,23-24,28H,3,6-14,22H2,1-2H3/t15-,16?,17?,18?,21+/m0/s1. The van der Waals surface area contributed by atoms with Crippen LogP contribution in [0.25, 0.3) is 0 Å². The van der Waals surface area contributed by atoms with E-state index in [2.05, 4.69) is 43.4 Å². The highest BCUT2D eigenvalue weighted by Crippen LogP contribution is 2.44. The quantitative estimate of drug-likeness (QED) is 0.171. The average Bonchev–Trinajstić information content (AvgIpc) is 3.32. The predicted octanol–water partition coefficient (Wildman–Crippen LogP) is 2.39. The molecule has 0 aromatic heterocycles. The zero-order valence-electron chi connectivity index (χ0n) is 17.3. The molecule has 2 fully saturated rings. The van der Waals surface area contributed by atoms with Gasteiger partial charge in [0.25, 0.3) is 0 Å². The van der Waals surface area contributed by atoms with Crippen molar-refractivity contribution in [2.75, 3.05) is 18.9 Å². The van der Waals surface area contributed by atoms with Crippen molar-refractivity contribution in [2.45, 2.75) is 70.4 Å². The van der Waals surface area contributed by atoms with Crippen LogP contribution in [0.1, 0.15) is 58.8 Å². The van der Waals surface area contributed by atoms with Crippen molar-refractivity contribution in [1.82, 2.24) is 10.9 Å². The zero-order chi connectivity index (χ0) is 20.6. The Hall–Kier alpha value is -0.890. The van der Waals surface area contributed by atoms with Crippen LogP contribution in [0.15, 0.2) is 12.2 Å². The number of Topliss-reactive ketones (excluding diaryl/α,β-unsaturated/α-hetero) is 1. The summed E-state index contributed by atoms with van der Waals surface area (Å²) < 4.78 is 5.32. The minimum atomic E-state index is -0.840. The number of ketones is 1. The van der Waals surface area contributed by atoms with E-state index in [1.54, 1.807) is 0 Å². The normalized spacial score (nSPS) is 29.9. The van der Waals surface area contributed by atoms with Crippen LogP contribution in [0.3, 0.4) is 0 Å². The van der Waals surface area contributed by atoms with Gasteiger partial charge < -0.3 is 10.5 Å². The highest BCUT2D eigenvalue weighted by Gasteiger charge is 2.55. The first-order chi connectivity index (χ1) is 13.4. The van der Waals surface area contributed by atoms with Crippen molar-refractivity contribution < 1.29 is 14.3 Å². The van der Waals surface area contributed by atoms with E-state index in [9.17, 15) is 9.59 Å². The van der Waals surface area contributed by atoms with Gasteiger partial charge in [-0.25, -0.2) is 10.2 Å². The van der Waals surface area contributed by atoms with Crippen molar-refractivity contribution >= 4 is 24.4 Å². The summed E-state index contributed by atoms with van der Waals surface area (Å²) in [6, 6.07) is -0.109. The lowest BCUT2D eigenvalue weighted by molar-refractivity contribution is -0.147. The fraction of sp³-hybridized carbons (Fsp3) is 0.810. The Bertz CT molecular complexity index is 557. The van der Waals surface area contributed by atoms with E-state index in [0.29, 0.717) is 37.7 Å².